The Morgan fingerprint density at radius 2 is 1.92 bits per heavy atom. The molecule has 1 heterocycles. The number of pyridine rings is 1. The van der Waals surface area contributed by atoms with Gasteiger partial charge in [-0.3, -0.25) is 0 Å². The van der Waals surface area contributed by atoms with E-state index in [-0.39, 0.29) is 0 Å². The van der Waals surface area contributed by atoms with Crippen LogP contribution in [0.15, 0.2) is 33.2 Å². The maximum atomic E-state index is 5.66. The maximum Gasteiger partial charge on any atom is 0.138 e. The van der Waals surface area contributed by atoms with Gasteiger partial charge < -0.3 is 5.73 Å². The summed E-state index contributed by atoms with van der Waals surface area (Å²) < 4.78 is 1.84. The third kappa shape index (κ3) is 1.69. The Hall–Kier alpha value is -0.610. The zero-order valence-corrected chi connectivity index (χ0v) is 9.76. The van der Waals surface area contributed by atoms with Gasteiger partial charge in [0.1, 0.15) is 5.82 Å². The third-order valence-electron chi connectivity index (χ3n) is 1.76. The summed E-state index contributed by atoms with van der Waals surface area (Å²) in [6.45, 7) is 0. The van der Waals surface area contributed by atoms with E-state index in [4.69, 9.17) is 5.73 Å². The van der Waals surface area contributed by atoms with Crippen molar-refractivity contribution in [2.75, 3.05) is 5.73 Å². The van der Waals surface area contributed by atoms with Gasteiger partial charge in [-0.25, -0.2) is 4.98 Å². The molecule has 13 heavy (non-hydrogen) atoms. The van der Waals surface area contributed by atoms with E-state index in [1.165, 1.54) is 0 Å². The van der Waals surface area contributed by atoms with Gasteiger partial charge in [0, 0.05) is 9.86 Å². The molecular weight excluding hydrogens is 296 g/mol. The van der Waals surface area contributed by atoms with Crippen LogP contribution in [0.25, 0.3) is 10.9 Å². The molecule has 0 amide bonds. The number of hydrogen-bond acceptors (Lipinski definition) is 2. The molecule has 0 aliphatic rings. The topological polar surface area (TPSA) is 38.9 Å². The van der Waals surface area contributed by atoms with E-state index < -0.39 is 0 Å². The molecule has 2 N–H and O–H groups in total. The number of rotatable bonds is 0. The summed E-state index contributed by atoms with van der Waals surface area (Å²) in [5, 5.41) is 1.07. The van der Waals surface area contributed by atoms with Crippen molar-refractivity contribution in [1.82, 2.24) is 4.98 Å². The van der Waals surface area contributed by atoms with E-state index in [2.05, 4.69) is 36.8 Å². The number of nitrogens with zero attached hydrogens (tertiary/aromatic N) is 1. The fraction of sp³-hybridized carbons (Fsp3) is 0. The van der Waals surface area contributed by atoms with Crippen LogP contribution in [-0.4, -0.2) is 4.98 Å². The van der Waals surface area contributed by atoms with Gasteiger partial charge in [0.25, 0.3) is 0 Å². The number of aromatic nitrogens is 1. The van der Waals surface area contributed by atoms with Gasteiger partial charge in [0.15, 0.2) is 0 Å². The van der Waals surface area contributed by atoms with Crippen LogP contribution < -0.4 is 5.73 Å². The minimum Gasteiger partial charge on any atom is -0.383 e. The molecule has 2 rings (SSSR count). The van der Waals surface area contributed by atoms with Gasteiger partial charge in [-0.05, 0) is 34.1 Å². The van der Waals surface area contributed by atoms with Crippen LogP contribution in [0.3, 0.4) is 0 Å². The number of benzene rings is 1. The monoisotopic (exact) mass is 300 g/mol. The molecule has 1 aromatic carbocycles. The fourth-order valence-corrected chi connectivity index (χ4v) is 1.81. The second kappa shape index (κ2) is 3.27. The van der Waals surface area contributed by atoms with Crippen LogP contribution in [0.4, 0.5) is 5.82 Å². The first kappa shape index (κ1) is 8.97. The van der Waals surface area contributed by atoms with E-state index in [9.17, 15) is 0 Å². The van der Waals surface area contributed by atoms with Crippen LogP contribution in [0.2, 0.25) is 0 Å². The Morgan fingerprint density at radius 1 is 1.15 bits per heavy atom. The summed E-state index contributed by atoms with van der Waals surface area (Å²) in [6, 6.07) is 7.88. The lowest BCUT2D eigenvalue weighted by Crippen LogP contribution is -1.91. The highest BCUT2D eigenvalue weighted by molar-refractivity contribution is 9.10. The van der Waals surface area contributed by atoms with E-state index in [1.54, 1.807) is 0 Å². The fourth-order valence-electron chi connectivity index (χ4n) is 1.13. The molecule has 0 atom stereocenters. The SMILES string of the molecule is Nc1nc2cc(Br)ccc2cc1Br. The molecule has 0 unspecified atom stereocenters. The Morgan fingerprint density at radius 3 is 2.69 bits per heavy atom. The second-order valence-electron chi connectivity index (χ2n) is 2.69. The van der Waals surface area contributed by atoms with Crippen molar-refractivity contribution in [3.63, 3.8) is 0 Å². The minimum absolute atomic E-state index is 0.519. The van der Waals surface area contributed by atoms with Crippen molar-refractivity contribution in [2.45, 2.75) is 0 Å². The molecule has 66 valence electrons. The molecule has 0 bridgehead atoms. The van der Waals surface area contributed by atoms with Crippen molar-refractivity contribution >= 4 is 48.6 Å². The molecule has 0 aliphatic heterocycles. The highest BCUT2D eigenvalue weighted by Crippen LogP contribution is 2.25. The quantitative estimate of drug-likeness (QED) is 0.810. The summed E-state index contributed by atoms with van der Waals surface area (Å²) in [6.07, 6.45) is 0. The van der Waals surface area contributed by atoms with Gasteiger partial charge in [-0.1, -0.05) is 22.0 Å². The molecule has 2 nitrogen and oxygen atoms in total. The summed E-state index contributed by atoms with van der Waals surface area (Å²) in [5.41, 5.74) is 6.56. The van der Waals surface area contributed by atoms with Crippen molar-refractivity contribution in [2.24, 2.45) is 0 Å². The Labute approximate surface area is 92.4 Å². The van der Waals surface area contributed by atoms with Crippen LogP contribution >= 0.6 is 31.9 Å². The summed E-state index contributed by atoms with van der Waals surface area (Å²) in [5.74, 6) is 0.519. The Bertz CT molecular complexity index is 468. The lowest BCUT2D eigenvalue weighted by molar-refractivity contribution is 1.39. The van der Waals surface area contributed by atoms with Crippen LogP contribution in [-0.2, 0) is 0 Å². The zero-order valence-electron chi connectivity index (χ0n) is 6.59. The molecule has 0 radical (unpaired) electrons. The number of nitrogens with two attached hydrogens (primary N) is 1. The van der Waals surface area contributed by atoms with Crippen molar-refractivity contribution in [3.05, 3.63) is 33.2 Å². The third-order valence-corrected chi connectivity index (χ3v) is 2.89. The van der Waals surface area contributed by atoms with Crippen LogP contribution in [0.5, 0.6) is 0 Å². The largest absolute Gasteiger partial charge is 0.383 e. The van der Waals surface area contributed by atoms with E-state index in [0.29, 0.717) is 5.82 Å². The Balaban J connectivity index is 2.81. The number of anilines is 1. The highest BCUT2D eigenvalue weighted by Gasteiger charge is 2.00. The molecular formula is C9H6Br2N2. The van der Waals surface area contributed by atoms with Crippen molar-refractivity contribution < 1.29 is 0 Å². The molecule has 0 saturated carbocycles. The molecule has 4 heteroatoms. The lowest BCUT2D eigenvalue weighted by Gasteiger charge is -2.01. The van der Waals surface area contributed by atoms with E-state index in [1.807, 2.05) is 24.3 Å². The number of nitrogen functional groups attached to an aromatic ring is 1. The predicted molar refractivity (Wildman–Crippen MR) is 61.6 cm³/mol. The normalized spacial score (nSPS) is 10.6. The summed E-state index contributed by atoms with van der Waals surface area (Å²) in [4.78, 5) is 4.24. The first-order chi connectivity index (χ1) is 6.16. The van der Waals surface area contributed by atoms with Gasteiger partial charge in [0.2, 0.25) is 0 Å². The predicted octanol–water partition coefficient (Wildman–Crippen LogP) is 3.34. The molecule has 0 spiro atoms. The van der Waals surface area contributed by atoms with Crippen LogP contribution in [0, 0.1) is 0 Å². The lowest BCUT2D eigenvalue weighted by atomic mass is 10.2. The highest BCUT2D eigenvalue weighted by atomic mass is 79.9. The minimum atomic E-state index is 0.519. The average Bonchev–Trinajstić information content (AvgIpc) is 2.08. The molecule has 2 aromatic rings. The number of fused-ring (bicyclic) bond motifs is 1. The van der Waals surface area contributed by atoms with Gasteiger partial charge >= 0.3 is 0 Å². The standard InChI is InChI=1S/C9H6Br2N2/c10-6-2-1-5-3-7(11)9(12)13-8(5)4-6/h1-4H,(H2,12,13). The van der Waals surface area contributed by atoms with Gasteiger partial charge in [-0.15, -0.1) is 0 Å². The van der Waals surface area contributed by atoms with Crippen LogP contribution in [0.1, 0.15) is 0 Å². The summed E-state index contributed by atoms with van der Waals surface area (Å²) >= 11 is 6.72. The molecule has 1 aromatic heterocycles. The first-order valence-electron chi connectivity index (χ1n) is 3.68. The van der Waals surface area contributed by atoms with Gasteiger partial charge in [0.05, 0.1) is 9.99 Å². The smallest absolute Gasteiger partial charge is 0.138 e. The van der Waals surface area contributed by atoms with Crippen molar-refractivity contribution in [1.29, 1.82) is 0 Å². The summed E-state index contributed by atoms with van der Waals surface area (Å²) in [7, 11) is 0. The van der Waals surface area contributed by atoms with E-state index in [0.717, 1.165) is 19.8 Å². The average molecular weight is 302 g/mol. The molecule has 0 aliphatic carbocycles. The number of halogens is 2. The zero-order chi connectivity index (χ0) is 9.42. The Kier molecular flexibility index (Phi) is 2.26. The number of hydrogen-bond donors (Lipinski definition) is 1. The van der Waals surface area contributed by atoms with Crippen molar-refractivity contribution in [3.8, 4) is 0 Å². The van der Waals surface area contributed by atoms with Gasteiger partial charge in [-0.2, -0.15) is 0 Å². The second-order valence-corrected chi connectivity index (χ2v) is 4.46. The molecule has 0 saturated heterocycles. The molecule has 0 fully saturated rings. The maximum absolute atomic E-state index is 5.66. The first-order valence-corrected chi connectivity index (χ1v) is 5.27. The van der Waals surface area contributed by atoms with E-state index >= 15 is 0 Å².